The highest BCUT2D eigenvalue weighted by Gasteiger charge is 2.12. The second-order valence-corrected chi connectivity index (χ2v) is 7.53. The number of carboxylic acid groups (broad SMARTS) is 1. The number of carbonyl (C=O) groups is 2. The number of rotatable bonds is 5. The normalized spacial score (nSPS) is 9.51. The van der Waals surface area contributed by atoms with Gasteiger partial charge in [0.25, 0.3) is 5.91 Å². The smallest absolute Gasteiger partial charge is 0.478 e. The fourth-order valence-corrected chi connectivity index (χ4v) is 2.78. The topological polar surface area (TPSA) is 173 Å². The van der Waals surface area contributed by atoms with Crippen LogP contribution in [0.2, 0.25) is 0 Å². The summed E-state index contributed by atoms with van der Waals surface area (Å²) in [5.41, 5.74) is 8.11. The van der Waals surface area contributed by atoms with Crippen LogP contribution < -0.4 is 22.0 Å². The first-order valence-electron chi connectivity index (χ1n) is 11.0. The predicted molar refractivity (Wildman–Crippen MR) is 145 cm³/mol. The number of hydrogen-bond donors (Lipinski definition) is 7. The van der Waals surface area contributed by atoms with E-state index in [1.807, 2.05) is 48.5 Å². The van der Waals surface area contributed by atoms with Gasteiger partial charge in [-0.3, -0.25) is 4.79 Å². The third-order valence-corrected chi connectivity index (χ3v) is 4.76. The lowest BCUT2D eigenvalue weighted by molar-refractivity contribution is 0.0696. The Morgan fingerprint density at radius 2 is 1.00 bits per heavy atom. The van der Waals surface area contributed by atoms with Gasteiger partial charge >= 0.3 is 20.2 Å². The third-order valence-electron chi connectivity index (χ3n) is 4.76. The molecule has 0 aliphatic rings. The molecule has 0 aromatic heterocycles. The molecule has 4 aromatic rings. The van der Waals surface area contributed by atoms with Crippen molar-refractivity contribution < 1.29 is 34.8 Å². The molecule has 0 aliphatic heterocycles. The average molecular weight is 500 g/mol. The molecular formula is C26H26B2N2O7. The average Bonchev–Trinajstić information content (AvgIpc) is 2.90. The van der Waals surface area contributed by atoms with Crippen molar-refractivity contribution in [3.8, 4) is 0 Å². The zero-order chi connectivity index (χ0) is 27.2. The van der Waals surface area contributed by atoms with E-state index in [0.717, 1.165) is 5.69 Å². The van der Waals surface area contributed by atoms with Crippen molar-refractivity contribution in [1.82, 2.24) is 0 Å². The summed E-state index contributed by atoms with van der Waals surface area (Å²) in [7, 11) is -3.07. The molecule has 0 saturated carbocycles. The van der Waals surface area contributed by atoms with E-state index in [-0.39, 0.29) is 16.9 Å². The highest BCUT2D eigenvalue weighted by molar-refractivity contribution is 6.58. The number of nitrogens with two attached hydrogens (primary N) is 1. The number of carboxylic acids is 1. The molecule has 37 heavy (non-hydrogen) atoms. The maximum Gasteiger partial charge on any atom is 0.488 e. The minimum Gasteiger partial charge on any atom is -0.478 e. The number of hydrogen-bond acceptors (Lipinski definition) is 7. The van der Waals surface area contributed by atoms with Crippen LogP contribution in [0.5, 0.6) is 0 Å². The summed E-state index contributed by atoms with van der Waals surface area (Å²) in [5, 5.41) is 46.4. The van der Waals surface area contributed by atoms with Crippen molar-refractivity contribution in [3.63, 3.8) is 0 Å². The van der Waals surface area contributed by atoms with Gasteiger partial charge in [-0.05, 0) is 59.5 Å². The summed E-state index contributed by atoms with van der Waals surface area (Å²) in [6.07, 6.45) is 0. The van der Waals surface area contributed by atoms with Crippen LogP contribution >= 0.6 is 0 Å². The van der Waals surface area contributed by atoms with Gasteiger partial charge in [0.15, 0.2) is 0 Å². The number of benzene rings is 4. The number of aromatic carboxylic acids is 1. The van der Waals surface area contributed by atoms with Crippen molar-refractivity contribution >= 4 is 48.4 Å². The molecule has 4 aromatic carbocycles. The van der Waals surface area contributed by atoms with Gasteiger partial charge in [-0.15, -0.1) is 0 Å². The van der Waals surface area contributed by atoms with Crippen LogP contribution in [0.15, 0.2) is 109 Å². The van der Waals surface area contributed by atoms with Gasteiger partial charge < -0.3 is 36.3 Å². The van der Waals surface area contributed by atoms with Crippen LogP contribution in [0, 0.1) is 0 Å². The van der Waals surface area contributed by atoms with Crippen molar-refractivity contribution in [2.45, 2.75) is 0 Å². The molecule has 0 spiro atoms. The molecule has 0 unspecified atom stereocenters. The quantitative estimate of drug-likeness (QED) is 0.157. The fourth-order valence-electron chi connectivity index (χ4n) is 2.78. The SMILES string of the molecule is Nc1ccccc1.O=C(Nc1ccccc1)c1ccc(B(O)O)cc1.O=C(O)c1ccc(B(O)O)cc1. The zero-order valence-corrected chi connectivity index (χ0v) is 19.7. The molecule has 0 heterocycles. The van der Waals surface area contributed by atoms with Crippen LogP contribution in [0.3, 0.4) is 0 Å². The summed E-state index contributed by atoms with van der Waals surface area (Å²) < 4.78 is 0. The van der Waals surface area contributed by atoms with Crippen LogP contribution in [0.25, 0.3) is 0 Å². The molecule has 1 amide bonds. The highest BCUT2D eigenvalue weighted by Crippen LogP contribution is 2.08. The molecule has 0 atom stereocenters. The first-order valence-corrected chi connectivity index (χ1v) is 11.0. The molecule has 0 bridgehead atoms. The van der Waals surface area contributed by atoms with Gasteiger partial charge in [-0.2, -0.15) is 0 Å². The van der Waals surface area contributed by atoms with Crippen LogP contribution in [0.4, 0.5) is 11.4 Å². The maximum atomic E-state index is 11.9. The van der Waals surface area contributed by atoms with E-state index in [2.05, 4.69) is 5.32 Å². The number of carbonyl (C=O) groups excluding carboxylic acids is 1. The lowest BCUT2D eigenvalue weighted by Crippen LogP contribution is -2.29. The zero-order valence-electron chi connectivity index (χ0n) is 19.7. The van der Waals surface area contributed by atoms with Crippen molar-refractivity contribution in [1.29, 1.82) is 0 Å². The maximum absolute atomic E-state index is 11.9. The summed E-state index contributed by atoms with van der Waals surface area (Å²) >= 11 is 0. The monoisotopic (exact) mass is 500 g/mol. The lowest BCUT2D eigenvalue weighted by atomic mass is 9.80. The summed E-state index contributed by atoms with van der Waals surface area (Å²) in [6, 6.07) is 30.1. The lowest BCUT2D eigenvalue weighted by Gasteiger charge is -2.05. The van der Waals surface area contributed by atoms with Crippen LogP contribution in [-0.2, 0) is 0 Å². The summed E-state index contributed by atoms with van der Waals surface area (Å²) in [4.78, 5) is 22.2. The van der Waals surface area contributed by atoms with Gasteiger partial charge in [0.1, 0.15) is 0 Å². The Morgan fingerprint density at radius 3 is 1.35 bits per heavy atom. The van der Waals surface area contributed by atoms with Gasteiger partial charge in [0.05, 0.1) is 5.56 Å². The van der Waals surface area contributed by atoms with E-state index >= 15 is 0 Å². The number of nitrogen functional groups attached to an aromatic ring is 1. The number of nitrogens with one attached hydrogen (secondary N) is 1. The fraction of sp³-hybridized carbons (Fsp3) is 0. The van der Waals surface area contributed by atoms with Gasteiger partial charge in [0.2, 0.25) is 0 Å². The Bertz CT molecular complexity index is 1240. The molecule has 0 aliphatic carbocycles. The Labute approximate surface area is 214 Å². The number of amides is 1. The standard InChI is InChI=1S/C13H12BNO3.C7H7BO4.C6H7N/c16-13(15-12-4-2-1-3-5-12)10-6-8-11(9-7-10)14(17)18;9-7(10)5-1-3-6(4-2-5)8(11)12;7-6-4-2-1-3-5-6/h1-9,17-18H,(H,15,16);1-4,11-12H,(H,9,10);1-5H,7H2. The van der Waals surface area contributed by atoms with Crippen LogP contribution in [0.1, 0.15) is 20.7 Å². The van der Waals surface area contributed by atoms with E-state index in [0.29, 0.717) is 16.7 Å². The van der Waals surface area contributed by atoms with Gasteiger partial charge in [0, 0.05) is 16.9 Å². The molecule has 0 saturated heterocycles. The third kappa shape index (κ3) is 10.4. The Balaban J connectivity index is 0.000000217. The Hall–Kier alpha value is -4.41. The summed E-state index contributed by atoms with van der Waals surface area (Å²) in [5.74, 6) is -1.27. The van der Waals surface area contributed by atoms with E-state index in [1.54, 1.807) is 24.3 Å². The van der Waals surface area contributed by atoms with E-state index < -0.39 is 20.2 Å². The molecule has 0 radical (unpaired) electrons. The number of para-hydroxylation sites is 2. The van der Waals surface area contributed by atoms with Crippen molar-refractivity contribution in [3.05, 3.63) is 120 Å². The van der Waals surface area contributed by atoms with Crippen molar-refractivity contribution in [2.75, 3.05) is 11.1 Å². The number of anilines is 2. The minimum atomic E-state index is -1.55. The first kappa shape index (κ1) is 28.8. The highest BCUT2D eigenvalue weighted by atomic mass is 16.4. The largest absolute Gasteiger partial charge is 0.488 e. The van der Waals surface area contributed by atoms with E-state index in [4.69, 9.17) is 30.9 Å². The predicted octanol–water partition coefficient (Wildman–Crippen LogP) is 0.952. The van der Waals surface area contributed by atoms with Gasteiger partial charge in [-0.25, -0.2) is 4.79 Å². The molecule has 8 N–H and O–H groups in total. The Morgan fingerprint density at radius 1 is 0.595 bits per heavy atom. The second kappa shape index (κ2) is 14.9. The first-order chi connectivity index (χ1) is 17.7. The molecule has 4 rings (SSSR count). The minimum absolute atomic E-state index is 0.124. The molecule has 9 nitrogen and oxygen atoms in total. The van der Waals surface area contributed by atoms with Crippen molar-refractivity contribution in [2.24, 2.45) is 0 Å². The molecular weight excluding hydrogens is 474 g/mol. The van der Waals surface area contributed by atoms with Crippen LogP contribution in [-0.4, -0.2) is 51.3 Å². The second-order valence-electron chi connectivity index (χ2n) is 7.53. The van der Waals surface area contributed by atoms with E-state index in [1.165, 1.54) is 36.4 Å². The molecule has 0 fully saturated rings. The molecule has 11 heteroatoms. The Kier molecular flexibility index (Phi) is 11.6. The van der Waals surface area contributed by atoms with E-state index in [9.17, 15) is 9.59 Å². The summed E-state index contributed by atoms with van der Waals surface area (Å²) in [6.45, 7) is 0. The van der Waals surface area contributed by atoms with Gasteiger partial charge in [-0.1, -0.05) is 60.7 Å². The molecule has 188 valence electrons.